The molecular formula is C22H20ClF3O2. The second-order valence-electron chi connectivity index (χ2n) is 7.51. The summed E-state index contributed by atoms with van der Waals surface area (Å²) in [5.74, 6) is -3.64. The molecule has 0 radical (unpaired) electrons. The minimum Gasteiger partial charge on any atom is -0.461 e. The van der Waals surface area contributed by atoms with Crippen molar-refractivity contribution in [2.75, 3.05) is 0 Å². The van der Waals surface area contributed by atoms with Crippen molar-refractivity contribution in [2.24, 2.45) is 17.3 Å². The van der Waals surface area contributed by atoms with Gasteiger partial charge in [0.15, 0.2) is 5.83 Å². The van der Waals surface area contributed by atoms with Crippen molar-refractivity contribution in [1.29, 1.82) is 0 Å². The number of hydrogen-bond acceptors (Lipinski definition) is 2. The first-order valence-corrected chi connectivity index (χ1v) is 9.24. The molecule has 0 heterocycles. The van der Waals surface area contributed by atoms with Crippen LogP contribution in [0.5, 0.6) is 0 Å². The molecule has 6 heteroatoms. The molecule has 2 nitrogen and oxygen atoms in total. The normalized spacial score (nSPS) is 21.3. The minimum absolute atomic E-state index is 0.0523. The number of alkyl halides is 3. The van der Waals surface area contributed by atoms with Gasteiger partial charge < -0.3 is 4.74 Å². The Morgan fingerprint density at radius 3 is 2.43 bits per heavy atom. The highest BCUT2D eigenvalue weighted by Gasteiger charge is 2.62. The first kappa shape index (κ1) is 20.5. The number of benzene rings is 2. The van der Waals surface area contributed by atoms with Crippen LogP contribution in [0.25, 0.3) is 11.1 Å². The van der Waals surface area contributed by atoms with Crippen LogP contribution in [0, 0.1) is 17.3 Å². The number of esters is 1. The van der Waals surface area contributed by atoms with Gasteiger partial charge in [0.25, 0.3) is 0 Å². The van der Waals surface area contributed by atoms with Gasteiger partial charge in [-0.25, -0.2) is 4.39 Å². The van der Waals surface area contributed by atoms with Gasteiger partial charge in [-0.1, -0.05) is 62.4 Å². The van der Waals surface area contributed by atoms with Crippen molar-refractivity contribution in [2.45, 2.75) is 25.8 Å². The smallest absolute Gasteiger partial charge is 0.373 e. The molecule has 2 atom stereocenters. The SMILES string of the molecule is CC1(C)[C@@H](C=C(F)C(F)(F)Cl)[C@@H]1C(=O)OCc1cccc(-c2ccccc2)c1. The van der Waals surface area contributed by atoms with E-state index in [0.29, 0.717) is 0 Å². The number of rotatable bonds is 6. The molecule has 0 N–H and O–H groups in total. The van der Waals surface area contributed by atoms with E-state index in [2.05, 4.69) is 11.6 Å². The summed E-state index contributed by atoms with van der Waals surface area (Å²) < 4.78 is 44.5. The topological polar surface area (TPSA) is 26.3 Å². The van der Waals surface area contributed by atoms with Crippen LogP contribution in [0.2, 0.25) is 0 Å². The zero-order valence-electron chi connectivity index (χ0n) is 15.5. The van der Waals surface area contributed by atoms with Gasteiger partial charge in [0.05, 0.1) is 5.92 Å². The summed E-state index contributed by atoms with van der Waals surface area (Å²) in [7, 11) is 0. The summed E-state index contributed by atoms with van der Waals surface area (Å²) in [5.41, 5.74) is 2.18. The number of ether oxygens (including phenoxy) is 1. The van der Waals surface area contributed by atoms with Gasteiger partial charge in [0.1, 0.15) is 6.61 Å². The van der Waals surface area contributed by atoms with Gasteiger partial charge in [0.2, 0.25) is 0 Å². The Bertz CT molecular complexity index is 888. The van der Waals surface area contributed by atoms with Crippen molar-refractivity contribution in [3.8, 4) is 11.1 Å². The zero-order chi connectivity index (χ0) is 20.5. The maximum atomic E-state index is 13.5. The van der Waals surface area contributed by atoms with Crippen LogP contribution >= 0.6 is 11.6 Å². The van der Waals surface area contributed by atoms with Crippen LogP contribution in [0.3, 0.4) is 0 Å². The van der Waals surface area contributed by atoms with Crippen LogP contribution in [-0.4, -0.2) is 11.4 Å². The number of hydrogen-bond donors (Lipinski definition) is 0. The van der Waals surface area contributed by atoms with Crippen LogP contribution in [0.1, 0.15) is 19.4 Å². The molecule has 2 aromatic rings. The highest BCUT2D eigenvalue weighted by molar-refractivity contribution is 6.23. The van der Waals surface area contributed by atoms with E-state index in [1.54, 1.807) is 13.8 Å². The molecule has 0 aromatic heterocycles. The summed E-state index contributed by atoms with van der Waals surface area (Å²) >= 11 is 4.69. The van der Waals surface area contributed by atoms with Gasteiger partial charge in [-0.15, -0.1) is 0 Å². The van der Waals surface area contributed by atoms with E-state index < -0.39 is 34.4 Å². The molecule has 1 fully saturated rings. The standard InChI is InChI=1S/C22H20ClF3O2/c1-21(2)17(12-18(24)22(23,25)26)19(21)20(27)28-13-14-7-6-10-16(11-14)15-8-4-3-5-9-15/h3-12,17,19H,13H2,1-2H3/t17-,19+/m0/s1. The Morgan fingerprint density at radius 2 is 1.79 bits per heavy atom. The monoisotopic (exact) mass is 408 g/mol. The van der Waals surface area contributed by atoms with Crippen molar-refractivity contribution in [1.82, 2.24) is 0 Å². The molecule has 2 aromatic carbocycles. The summed E-state index contributed by atoms with van der Waals surface area (Å²) in [4.78, 5) is 12.4. The molecule has 0 saturated heterocycles. The van der Waals surface area contributed by atoms with Crippen molar-refractivity contribution < 1.29 is 22.7 Å². The van der Waals surface area contributed by atoms with Crippen molar-refractivity contribution >= 4 is 17.6 Å². The molecule has 1 aliphatic carbocycles. The minimum atomic E-state index is -4.06. The number of carbonyl (C=O) groups excluding carboxylic acids is 1. The molecule has 0 bridgehead atoms. The average Bonchev–Trinajstić information content (AvgIpc) is 3.20. The molecule has 3 rings (SSSR count). The predicted octanol–water partition coefficient (Wildman–Crippen LogP) is 6.35. The first-order valence-electron chi connectivity index (χ1n) is 8.86. The van der Waals surface area contributed by atoms with E-state index in [1.807, 2.05) is 54.6 Å². The van der Waals surface area contributed by atoms with Crippen LogP contribution < -0.4 is 0 Å². The van der Waals surface area contributed by atoms with Crippen LogP contribution in [0.15, 0.2) is 66.5 Å². The Hall–Kier alpha value is -2.27. The fourth-order valence-corrected chi connectivity index (χ4v) is 3.47. The lowest BCUT2D eigenvalue weighted by atomic mass is 10.0. The van der Waals surface area contributed by atoms with E-state index in [9.17, 15) is 18.0 Å². The summed E-state index contributed by atoms with van der Waals surface area (Å²) in [6.07, 6.45) is 0.731. The lowest BCUT2D eigenvalue weighted by molar-refractivity contribution is -0.147. The maximum absolute atomic E-state index is 13.5. The third kappa shape index (κ3) is 4.41. The Kier molecular flexibility index (Phi) is 5.57. The highest BCUT2D eigenvalue weighted by atomic mass is 35.5. The molecule has 1 aliphatic rings. The molecule has 0 spiro atoms. The molecule has 0 unspecified atom stereocenters. The van der Waals surface area contributed by atoms with Gasteiger partial charge in [0, 0.05) is 0 Å². The largest absolute Gasteiger partial charge is 0.461 e. The van der Waals surface area contributed by atoms with E-state index in [4.69, 9.17) is 4.74 Å². The second kappa shape index (κ2) is 7.63. The quantitative estimate of drug-likeness (QED) is 0.411. The maximum Gasteiger partial charge on any atom is 0.373 e. The summed E-state index contributed by atoms with van der Waals surface area (Å²) in [6.45, 7) is 3.46. The fourth-order valence-electron chi connectivity index (χ4n) is 3.41. The summed E-state index contributed by atoms with van der Waals surface area (Å²) in [6, 6.07) is 17.4. The lowest BCUT2D eigenvalue weighted by Crippen LogP contribution is -2.11. The van der Waals surface area contributed by atoms with Crippen LogP contribution in [-0.2, 0) is 16.1 Å². The molecule has 28 heavy (non-hydrogen) atoms. The number of allylic oxidation sites excluding steroid dienone is 2. The van der Waals surface area contributed by atoms with E-state index in [-0.39, 0.29) is 6.61 Å². The van der Waals surface area contributed by atoms with Gasteiger partial charge in [-0.05, 0) is 51.8 Å². The third-order valence-corrected chi connectivity index (χ3v) is 5.36. The van der Waals surface area contributed by atoms with Gasteiger partial charge >= 0.3 is 11.4 Å². The summed E-state index contributed by atoms with van der Waals surface area (Å²) in [5, 5.41) is -4.06. The molecule has 0 aliphatic heterocycles. The number of carbonyl (C=O) groups is 1. The van der Waals surface area contributed by atoms with Crippen molar-refractivity contribution in [3.05, 3.63) is 72.1 Å². The molecule has 1 saturated carbocycles. The Labute approximate surface area is 167 Å². The molecule has 148 valence electrons. The van der Waals surface area contributed by atoms with Crippen LogP contribution in [0.4, 0.5) is 13.2 Å². The van der Waals surface area contributed by atoms with E-state index in [1.165, 1.54) is 0 Å². The highest BCUT2D eigenvalue weighted by Crippen LogP contribution is 2.60. The average molecular weight is 409 g/mol. The van der Waals surface area contributed by atoms with Gasteiger partial charge in [-0.2, -0.15) is 8.78 Å². The number of halogens is 4. The zero-order valence-corrected chi connectivity index (χ0v) is 16.2. The van der Waals surface area contributed by atoms with Crippen molar-refractivity contribution in [3.63, 3.8) is 0 Å². The predicted molar refractivity (Wildman–Crippen MR) is 102 cm³/mol. The molecule has 0 amide bonds. The molecular weight excluding hydrogens is 389 g/mol. The first-order chi connectivity index (χ1) is 13.1. The fraction of sp³-hybridized carbons (Fsp3) is 0.318. The Morgan fingerprint density at radius 1 is 1.14 bits per heavy atom. The lowest BCUT2D eigenvalue weighted by Gasteiger charge is -2.08. The Balaban J connectivity index is 1.65. The van der Waals surface area contributed by atoms with Gasteiger partial charge in [-0.3, -0.25) is 4.79 Å². The van der Waals surface area contributed by atoms with E-state index >= 15 is 0 Å². The third-order valence-electron chi connectivity index (χ3n) is 5.18. The second-order valence-corrected chi connectivity index (χ2v) is 7.99. The van der Waals surface area contributed by atoms with E-state index in [0.717, 1.165) is 22.8 Å².